The van der Waals surface area contributed by atoms with E-state index in [-0.39, 0.29) is 0 Å². The smallest absolute Gasteiger partial charge is 0.0471 e. The van der Waals surface area contributed by atoms with Crippen molar-refractivity contribution in [3.8, 4) is 0 Å². The molecule has 18 heavy (non-hydrogen) atoms. The number of nitrogens with zero attached hydrogens (tertiary/aromatic N) is 1. The van der Waals surface area contributed by atoms with Crippen LogP contribution in [0, 0.1) is 5.92 Å². The Morgan fingerprint density at radius 3 is 2.89 bits per heavy atom. The van der Waals surface area contributed by atoms with Gasteiger partial charge in [-0.2, -0.15) is 0 Å². The number of likely N-dealkylation sites (tertiary alicyclic amines) is 1. The van der Waals surface area contributed by atoms with Crippen LogP contribution in [0.4, 0.5) is 0 Å². The molecule has 0 bridgehead atoms. The average molecular weight is 245 g/mol. The zero-order valence-electron chi connectivity index (χ0n) is 11.2. The predicted molar refractivity (Wildman–Crippen MR) is 76.3 cm³/mol. The number of aliphatic hydroxyl groups is 1. The first-order valence-electron chi connectivity index (χ1n) is 6.83. The maximum atomic E-state index is 9.24. The summed E-state index contributed by atoms with van der Waals surface area (Å²) in [6.45, 7) is 5.74. The van der Waals surface area contributed by atoms with E-state index in [1.54, 1.807) is 0 Å². The van der Waals surface area contributed by atoms with Crippen molar-refractivity contribution >= 4 is 6.08 Å². The van der Waals surface area contributed by atoms with Crippen molar-refractivity contribution in [2.24, 2.45) is 5.92 Å². The van der Waals surface area contributed by atoms with Crippen molar-refractivity contribution in [1.29, 1.82) is 0 Å². The summed E-state index contributed by atoms with van der Waals surface area (Å²) in [5.41, 5.74) is 2.66. The van der Waals surface area contributed by atoms with Crippen molar-refractivity contribution in [3.63, 3.8) is 0 Å². The van der Waals surface area contributed by atoms with Crippen LogP contribution in [0.1, 0.15) is 25.3 Å². The molecule has 0 amide bonds. The molecule has 1 saturated heterocycles. The molecule has 0 radical (unpaired) electrons. The summed E-state index contributed by atoms with van der Waals surface area (Å²) in [5.74, 6) is 0.475. The van der Waals surface area contributed by atoms with E-state index in [0.717, 1.165) is 19.6 Å². The minimum Gasteiger partial charge on any atom is -0.396 e. The Kier molecular flexibility index (Phi) is 4.97. The van der Waals surface area contributed by atoms with E-state index in [1.807, 2.05) is 6.07 Å². The van der Waals surface area contributed by atoms with Crippen LogP contribution in [0.25, 0.3) is 6.08 Å². The van der Waals surface area contributed by atoms with Crippen molar-refractivity contribution in [2.75, 3.05) is 26.2 Å². The second-order valence-corrected chi connectivity index (χ2v) is 5.33. The summed E-state index contributed by atoms with van der Waals surface area (Å²) < 4.78 is 0. The topological polar surface area (TPSA) is 23.5 Å². The predicted octanol–water partition coefficient (Wildman–Crippen LogP) is 2.79. The highest BCUT2D eigenvalue weighted by Crippen LogP contribution is 2.17. The molecular formula is C16H23NO. The lowest BCUT2D eigenvalue weighted by atomic mass is 9.98. The highest BCUT2D eigenvalue weighted by Gasteiger charge is 2.18. The molecule has 0 aliphatic carbocycles. The lowest BCUT2D eigenvalue weighted by Crippen LogP contribution is -2.37. The molecule has 0 saturated carbocycles. The van der Waals surface area contributed by atoms with E-state index >= 15 is 0 Å². The van der Waals surface area contributed by atoms with Gasteiger partial charge in [0.15, 0.2) is 0 Å². The number of hydrogen-bond donors (Lipinski definition) is 1. The van der Waals surface area contributed by atoms with Gasteiger partial charge in [-0.25, -0.2) is 0 Å². The lowest BCUT2D eigenvalue weighted by Gasteiger charge is -2.31. The van der Waals surface area contributed by atoms with Gasteiger partial charge in [-0.1, -0.05) is 42.0 Å². The van der Waals surface area contributed by atoms with Crippen LogP contribution in [-0.4, -0.2) is 36.2 Å². The first kappa shape index (κ1) is 13.3. The second-order valence-electron chi connectivity index (χ2n) is 5.33. The van der Waals surface area contributed by atoms with Crippen LogP contribution in [0.2, 0.25) is 0 Å². The molecule has 1 atom stereocenters. The molecule has 2 nitrogen and oxygen atoms in total. The molecule has 1 unspecified atom stereocenters. The highest BCUT2D eigenvalue weighted by atomic mass is 16.3. The van der Waals surface area contributed by atoms with Crippen LogP contribution in [-0.2, 0) is 0 Å². The highest BCUT2D eigenvalue weighted by molar-refractivity contribution is 5.52. The molecule has 98 valence electrons. The summed E-state index contributed by atoms with van der Waals surface area (Å²) in [6.07, 6.45) is 4.64. The third kappa shape index (κ3) is 3.97. The molecule has 1 aliphatic heterocycles. The van der Waals surface area contributed by atoms with Crippen LogP contribution in [0.15, 0.2) is 35.9 Å². The van der Waals surface area contributed by atoms with Crippen molar-refractivity contribution in [2.45, 2.75) is 19.8 Å². The van der Waals surface area contributed by atoms with Gasteiger partial charge in [0.25, 0.3) is 0 Å². The van der Waals surface area contributed by atoms with Gasteiger partial charge in [-0.15, -0.1) is 0 Å². The largest absolute Gasteiger partial charge is 0.396 e. The van der Waals surface area contributed by atoms with Crippen LogP contribution >= 0.6 is 0 Å². The minimum atomic E-state index is 0.331. The maximum Gasteiger partial charge on any atom is 0.0471 e. The molecule has 1 heterocycles. The number of rotatable bonds is 4. The zero-order chi connectivity index (χ0) is 12.8. The van der Waals surface area contributed by atoms with Crippen molar-refractivity contribution < 1.29 is 5.11 Å². The molecule has 0 spiro atoms. The minimum absolute atomic E-state index is 0.331. The molecule has 2 heteroatoms. The van der Waals surface area contributed by atoms with E-state index in [1.165, 1.54) is 24.0 Å². The third-order valence-corrected chi connectivity index (χ3v) is 3.55. The number of piperidine rings is 1. The van der Waals surface area contributed by atoms with Crippen molar-refractivity contribution in [3.05, 3.63) is 41.5 Å². The number of hydrogen-bond acceptors (Lipinski definition) is 2. The standard InChI is InChI=1S/C16H23NO/c1-14(10-15-6-3-2-4-7-15)11-17-9-5-8-16(12-17)13-18/h2-4,6-7,10,16,18H,5,8-9,11-13H2,1H3. The fraction of sp³-hybridized carbons (Fsp3) is 0.500. The van der Waals surface area contributed by atoms with Crippen LogP contribution < -0.4 is 0 Å². The summed E-state index contributed by atoms with van der Waals surface area (Å²) in [7, 11) is 0. The van der Waals surface area contributed by atoms with Crippen LogP contribution in [0.3, 0.4) is 0 Å². The van der Waals surface area contributed by atoms with Crippen LogP contribution in [0.5, 0.6) is 0 Å². The molecule has 2 rings (SSSR count). The lowest BCUT2D eigenvalue weighted by molar-refractivity contribution is 0.127. The normalized spacial score (nSPS) is 22.1. The molecule has 1 N–H and O–H groups in total. The van der Waals surface area contributed by atoms with Gasteiger partial charge >= 0.3 is 0 Å². The molecular weight excluding hydrogens is 222 g/mol. The summed E-state index contributed by atoms with van der Waals surface area (Å²) in [6, 6.07) is 10.5. The van der Waals surface area contributed by atoms with Gasteiger partial charge in [-0.05, 0) is 37.8 Å². The van der Waals surface area contributed by atoms with Gasteiger partial charge in [0.2, 0.25) is 0 Å². The SMILES string of the molecule is CC(=Cc1ccccc1)CN1CCCC(CO)C1. The zero-order valence-corrected chi connectivity index (χ0v) is 11.2. The molecule has 1 aromatic rings. The number of aliphatic hydroxyl groups excluding tert-OH is 1. The van der Waals surface area contributed by atoms with Gasteiger partial charge in [-0.3, -0.25) is 4.90 Å². The molecule has 0 aromatic heterocycles. The Hall–Kier alpha value is -1.12. The monoisotopic (exact) mass is 245 g/mol. The summed E-state index contributed by atoms with van der Waals surface area (Å²) >= 11 is 0. The Morgan fingerprint density at radius 2 is 2.17 bits per heavy atom. The second kappa shape index (κ2) is 6.72. The van der Waals surface area contributed by atoms with E-state index < -0.39 is 0 Å². The quantitative estimate of drug-likeness (QED) is 0.881. The van der Waals surface area contributed by atoms with Crippen molar-refractivity contribution in [1.82, 2.24) is 4.90 Å². The third-order valence-electron chi connectivity index (χ3n) is 3.55. The fourth-order valence-corrected chi connectivity index (χ4v) is 2.68. The van der Waals surface area contributed by atoms with E-state index in [4.69, 9.17) is 0 Å². The summed E-state index contributed by atoms with van der Waals surface area (Å²) in [5, 5.41) is 9.24. The van der Waals surface area contributed by atoms with Gasteiger partial charge in [0.05, 0.1) is 0 Å². The number of benzene rings is 1. The van der Waals surface area contributed by atoms with Gasteiger partial charge in [0, 0.05) is 19.7 Å². The molecule has 1 aliphatic rings. The Labute approximate surface area is 110 Å². The van der Waals surface area contributed by atoms with E-state index in [9.17, 15) is 5.11 Å². The Morgan fingerprint density at radius 1 is 1.39 bits per heavy atom. The van der Waals surface area contributed by atoms with E-state index in [0.29, 0.717) is 12.5 Å². The molecule has 1 aromatic carbocycles. The first-order valence-corrected chi connectivity index (χ1v) is 6.83. The fourth-order valence-electron chi connectivity index (χ4n) is 2.68. The maximum absolute atomic E-state index is 9.24. The Balaban J connectivity index is 1.91. The van der Waals surface area contributed by atoms with E-state index in [2.05, 4.69) is 42.2 Å². The van der Waals surface area contributed by atoms with Gasteiger partial charge in [0.1, 0.15) is 0 Å². The Bertz CT molecular complexity index is 385. The van der Waals surface area contributed by atoms with Gasteiger partial charge < -0.3 is 5.11 Å². The first-order chi connectivity index (χ1) is 8.78. The molecule has 1 fully saturated rings. The summed E-state index contributed by atoms with van der Waals surface area (Å²) in [4.78, 5) is 2.46. The average Bonchev–Trinajstić information content (AvgIpc) is 2.40.